The van der Waals surface area contributed by atoms with Gasteiger partial charge in [-0.3, -0.25) is 9.48 Å². The van der Waals surface area contributed by atoms with Gasteiger partial charge in [-0.2, -0.15) is 5.10 Å². The second kappa shape index (κ2) is 7.76. The molecule has 2 aromatic carbocycles. The Morgan fingerprint density at radius 2 is 1.81 bits per heavy atom. The van der Waals surface area contributed by atoms with Crippen molar-refractivity contribution in [3.63, 3.8) is 0 Å². The maximum absolute atomic E-state index is 13.3. The van der Waals surface area contributed by atoms with Gasteiger partial charge in [-0.1, -0.05) is 60.7 Å². The number of benzene rings is 2. The summed E-state index contributed by atoms with van der Waals surface area (Å²) in [5, 5.41) is 8.15. The van der Waals surface area contributed by atoms with Gasteiger partial charge in [0.2, 0.25) is 0 Å². The fourth-order valence-corrected chi connectivity index (χ4v) is 3.53. The molecule has 1 fully saturated rings. The van der Waals surface area contributed by atoms with E-state index in [1.807, 2.05) is 64.3 Å². The third-order valence-electron chi connectivity index (χ3n) is 4.88. The van der Waals surface area contributed by atoms with Gasteiger partial charge in [0.1, 0.15) is 5.69 Å². The molecule has 4 rings (SSSR count). The standard InChI is InChI=1S/C22H24N4O/c1-17-14-25(13-12-23-17)22(27)20-16-26(15-18-8-4-2-5-9-18)24-21(20)19-10-6-3-7-11-19/h2-11,16-17,23H,12-15H2,1H3. The van der Waals surface area contributed by atoms with E-state index in [-0.39, 0.29) is 5.91 Å². The first-order chi connectivity index (χ1) is 13.2. The van der Waals surface area contributed by atoms with Gasteiger partial charge in [0.25, 0.3) is 5.91 Å². The molecule has 5 heteroatoms. The number of piperazine rings is 1. The summed E-state index contributed by atoms with van der Waals surface area (Å²) < 4.78 is 1.87. The van der Waals surface area contributed by atoms with E-state index in [0.29, 0.717) is 18.2 Å². The maximum Gasteiger partial charge on any atom is 0.257 e. The highest BCUT2D eigenvalue weighted by molar-refractivity contribution is 5.99. The molecule has 1 N–H and O–H groups in total. The minimum Gasteiger partial charge on any atom is -0.336 e. The van der Waals surface area contributed by atoms with Crippen molar-refractivity contribution in [3.05, 3.63) is 78.0 Å². The van der Waals surface area contributed by atoms with Crippen LogP contribution in [-0.4, -0.2) is 46.3 Å². The molecular formula is C22H24N4O. The first-order valence-electron chi connectivity index (χ1n) is 9.40. The Bertz CT molecular complexity index is 905. The van der Waals surface area contributed by atoms with Gasteiger partial charge < -0.3 is 10.2 Å². The Labute approximate surface area is 159 Å². The van der Waals surface area contributed by atoms with Crippen LogP contribution in [0.15, 0.2) is 66.9 Å². The number of hydrogen-bond donors (Lipinski definition) is 1. The van der Waals surface area contributed by atoms with Crippen LogP contribution in [0.2, 0.25) is 0 Å². The number of carbonyl (C=O) groups is 1. The summed E-state index contributed by atoms with van der Waals surface area (Å²) in [4.78, 5) is 15.2. The van der Waals surface area contributed by atoms with E-state index in [0.717, 1.165) is 36.5 Å². The van der Waals surface area contributed by atoms with E-state index in [1.165, 1.54) is 0 Å². The Kier molecular flexibility index (Phi) is 5.03. The summed E-state index contributed by atoms with van der Waals surface area (Å²) in [6, 6.07) is 20.4. The number of nitrogens with one attached hydrogen (secondary N) is 1. The molecule has 1 unspecified atom stereocenters. The van der Waals surface area contributed by atoms with Gasteiger partial charge in [-0.25, -0.2) is 0 Å². The lowest BCUT2D eigenvalue weighted by Gasteiger charge is -2.31. The zero-order valence-corrected chi connectivity index (χ0v) is 15.5. The highest BCUT2D eigenvalue weighted by Crippen LogP contribution is 2.24. The molecule has 1 aromatic heterocycles. The Hall–Kier alpha value is -2.92. The summed E-state index contributed by atoms with van der Waals surface area (Å²) in [6.07, 6.45) is 1.89. The monoisotopic (exact) mass is 360 g/mol. The van der Waals surface area contributed by atoms with Gasteiger partial charge in [-0.15, -0.1) is 0 Å². The van der Waals surface area contributed by atoms with Crippen LogP contribution in [-0.2, 0) is 6.54 Å². The van der Waals surface area contributed by atoms with E-state index in [9.17, 15) is 4.79 Å². The molecule has 2 heterocycles. The summed E-state index contributed by atoms with van der Waals surface area (Å²) >= 11 is 0. The largest absolute Gasteiger partial charge is 0.336 e. The van der Waals surface area contributed by atoms with E-state index >= 15 is 0 Å². The van der Waals surface area contributed by atoms with Crippen LogP contribution in [0.3, 0.4) is 0 Å². The lowest BCUT2D eigenvalue weighted by Crippen LogP contribution is -2.51. The molecule has 5 nitrogen and oxygen atoms in total. The number of carbonyl (C=O) groups excluding carboxylic acids is 1. The van der Waals surface area contributed by atoms with Gasteiger partial charge in [0, 0.05) is 37.4 Å². The van der Waals surface area contributed by atoms with Gasteiger partial charge in [0.15, 0.2) is 0 Å². The molecular weight excluding hydrogens is 336 g/mol. The molecule has 0 aliphatic carbocycles. The predicted octanol–water partition coefficient (Wildman–Crippen LogP) is 3.03. The predicted molar refractivity (Wildman–Crippen MR) is 107 cm³/mol. The van der Waals surface area contributed by atoms with Crippen LogP contribution in [0, 0.1) is 0 Å². The topological polar surface area (TPSA) is 50.2 Å². The van der Waals surface area contributed by atoms with Crippen LogP contribution in [0.4, 0.5) is 0 Å². The van der Waals surface area contributed by atoms with Crippen molar-refractivity contribution in [1.82, 2.24) is 20.0 Å². The van der Waals surface area contributed by atoms with Crippen LogP contribution < -0.4 is 5.32 Å². The number of rotatable bonds is 4. The molecule has 1 aliphatic heterocycles. The normalized spacial score (nSPS) is 17.1. The minimum atomic E-state index is 0.0570. The fourth-order valence-electron chi connectivity index (χ4n) is 3.53. The van der Waals surface area contributed by atoms with Crippen LogP contribution in [0.25, 0.3) is 11.3 Å². The first kappa shape index (κ1) is 17.5. The summed E-state index contributed by atoms with van der Waals surface area (Å²) in [5.41, 5.74) is 3.55. The first-order valence-corrected chi connectivity index (χ1v) is 9.40. The second-order valence-electron chi connectivity index (χ2n) is 7.05. The molecule has 1 saturated heterocycles. The molecule has 138 valence electrons. The molecule has 27 heavy (non-hydrogen) atoms. The van der Waals surface area contributed by atoms with Crippen molar-refractivity contribution in [3.8, 4) is 11.3 Å². The number of nitrogens with zero attached hydrogens (tertiary/aromatic N) is 3. The maximum atomic E-state index is 13.3. The van der Waals surface area contributed by atoms with E-state index < -0.39 is 0 Å². The highest BCUT2D eigenvalue weighted by Gasteiger charge is 2.26. The third kappa shape index (κ3) is 3.93. The molecule has 0 radical (unpaired) electrons. The van der Waals surface area contributed by atoms with Crippen molar-refractivity contribution in [2.24, 2.45) is 0 Å². The zero-order chi connectivity index (χ0) is 18.6. The van der Waals surface area contributed by atoms with Crippen molar-refractivity contribution in [2.75, 3.05) is 19.6 Å². The van der Waals surface area contributed by atoms with Gasteiger partial charge in [0.05, 0.1) is 12.1 Å². The fraction of sp³-hybridized carbons (Fsp3) is 0.273. The molecule has 3 aromatic rings. The molecule has 1 aliphatic rings. The molecule has 1 atom stereocenters. The van der Waals surface area contributed by atoms with Crippen LogP contribution >= 0.6 is 0 Å². The summed E-state index contributed by atoms with van der Waals surface area (Å²) in [5.74, 6) is 0.0570. The average Bonchev–Trinajstić information content (AvgIpc) is 3.12. The average molecular weight is 360 g/mol. The van der Waals surface area contributed by atoms with E-state index in [4.69, 9.17) is 5.10 Å². The summed E-state index contributed by atoms with van der Waals surface area (Å²) in [6.45, 7) is 5.02. The quantitative estimate of drug-likeness (QED) is 0.778. The number of amides is 1. The molecule has 0 spiro atoms. The zero-order valence-electron chi connectivity index (χ0n) is 15.5. The van der Waals surface area contributed by atoms with Crippen molar-refractivity contribution >= 4 is 5.91 Å². The van der Waals surface area contributed by atoms with Crippen molar-refractivity contribution in [1.29, 1.82) is 0 Å². The Morgan fingerprint density at radius 3 is 2.52 bits per heavy atom. The molecule has 0 bridgehead atoms. The number of aromatic nitrogens is 2. The minimum absolute atomic E-state index is 0.0570. The van der Waals surface area contributed by atoms with Gasteiger partial charge >= 0.3 is 0 Å². The van der Waals surface area contributed by atoms with E-state index in [2.05, 4.69) is 24.4 Å². The third-order valence-corrected chi connectivity index (χ3v) is 4.88. The number of hydrogen-bond acceptors (Lipinski definition) is 3. The van der Waals surface area contributed by atoms with E-state index in [1.54, 1.807) is 0 Å². The van der Waals surface area contributed by atoms with Crippen molar-refractivity contribution in [2.45, 2.75) is 19.5 Å². The smallest absolute Gasteiger partial charge is 0.257 e. The van der Waals surface area contributed by atoms with Crippen molar-refractivity contribution < 1.29 is 4.79 Å². The lowest BCUT2D eigenvalue weighted by molar-refractivity contribution is 0.0709. The SMILES string of the molecule is CC1CN(C(=O)c2cn(Cc3ccccc3)nc2-c2ccccc2)CCN1. The summed E-state index contributed by atoms with van der Waals surface area (Å²) in [7, 11) is 0. The van der Waals surface area contributed by atoms with Crippen LogP contribution in [0.5, 0.6) is 0 Å². The molecule has 0 saturated carbocycles. The van der Waals surface area contributed by atoms with Gasteiger partial charge in [-0.05, 0) is 12.5 Å². The molecule has 1 amide bonds. The second-order valence-corrected chi connectivity index (χ2v) is 7.05. The Morgan fingerprint density at radius 1 is 1.11 bits per heavy atom. The van der Waals surface area contributed by atoms with Crippen LogP contribution in [0.1, 0.15) is 22.8 Å². The highest BCUT2D eigenvalue weighted by atomic mass is 16.2. The Balaban J connectivity index is 1.69. The lowest BCUT2D eigenvalue weighted by atomic mass is 10.1.